The highest BCUT2D eigenvalue weighted by molar-refractivity contribution is 6.31. The molecule has 0 fully saturated rings. The second-order valence-electron chi connectivity index (χ2n) is 1.90. The zero-order valence-electron chi connectivity index (χ0n) is 5.27. The molecule has 0 atom stereocenters. The molecule has 10 heavy (non-hydrogen) atoms. The van der Waals surface area contributed by atoms with Gasteiger partial charge < -0.3 is 0 Å². The Labute approximate surface area is 70.1 Å². The van der Waals surface area contributed by atoms with E-state index in [1.54, 1.807) is 0 Å². The number of hydrogen-bond donors (Lipinski definition) is 1. The molecule has 0 amide bonds. The molecular weight excluding hydrogens is 169 g/mol. The largest absolute Gasteiger partial charge is 0.229 e. The standard InChI is InChI=1S/C7H7Cl2N/c8-7-4-2-1-3-6(7)5-10-9/h1-4,10H,5H2. The minimum absolute atomic E-state index is 0.598. The lowest BCUT2D eigenvalue weighted by Gasteiger charge is -1.99. The normalized spacial score (nSPS) is 9.80. The summed E-state index contributed by atoms with van der Waals surface area (Å²) in [5.74, 6) is 0. The molecule has 1 rings (SSSR count). The first-order valence-corrected chi connectivity index (χ1v) is 3.67. The first kappa shape index (κ1) is 7.86. The van der Waals surface area contributed by atoms with Crippen LogP contribution in [0.2, 0.25) is 5.02 Å². The summed E-state index contributed by atoms with van der Waals surface area (Å²) in [7, 11) is 0. The maximum absolute atomic E-state index is 5.80. The summed E-state index contributed by atoms with van der Waals surface area (Å²) >= 11 is 11.1. The van der Waals surface area contributed by atoms with Gasteiger partial charge in [-0.25, -0.2) is 4.84 Å². The molecule has 1 N–H and O–H groups in total. The van der Waals surface area contributed by atoms with Gasteiger partial charge in [0.05, 0.1) is 0 Å². The van der Waals surface area contributed by atoms with Gasteiger partial charge in [0.2, 0.25) is 0 Å². The van der Waals surface area contributed by atoms with Crippen molar-refractivity contribution in [3.8, 4) is 0 Å². The molecule has 0 saturated carbocycles. The van der Waals surface area contributed by atoms with Crippen molar-refractivity contribution in [2.45, 2.75) is 6.54 Å². The Bertz CT molecular complexity index is 213. The van der Waals surface area contributed by atoms with E-state index in [0.717, 1.165) is 10.6 Å². The molecule has 0 aromatic heterocycles. The Morgan fingerprint density at radius 3 is 2.60 bits per heavy atom. The van der Waals surface area contributed by atoms with E-state index in [0.29, 0.717) is 6.54 Å². The van der Waals surface area contributed by atoms with Gasteiger partial charge in [-0.1, -0.05) is 29.8 Å². The summed E-state index contributed by atoms with van der Waals surface area (Å²) in [6.45, 7) is 0.598. The van der Waals surface area contributed by atoms with Crippen LogP contribution in [0.5, 0.6) is 0 Å². The Kier molecular flexibility index (Phi) is 3.00. The number of rotatable bonds is 2. The topological polar surface area (TPSA) is 12.0 Å². The molecule has 0 unspecified atom stereocenters. The monoisotopic (exact) mass is 175 g/mol. The van der Waals surface area contributed by atoms with Gasteiger partial charge in [0.15, 0.2) is 0 Å². The van der Waals surface area contributed by atoms with Crippen LogP contribution in [0.25, 0.3) is 0 Å². The molecule has 1 aromatic carbocycles. The van der Waals surface area contributed by atoms with Crippen molar-refractivity contribution in [1.29, 1.82) is 0 Å². The molecule has 1 nitrogen and oxygen atoms in total. The zero-order valence-corrected chi connectivity index (χ0v) is 6.78. The van der Waals surface area contributed by atoms with Crippen molar-refractivity contribution in [2.75, 3.05) is 0 Å². The number of nitrogens with one attached hydrogen (secondary N) is 1. The quantitative estimate of drug-likeness (QED) is 0.682. The van der Waals surface area contributed by atoms with E-state index < -0.39 is 0 Å². The molecular formula is C7H7Cl2N. The SMILES string of the molecule is ClNCc1ccccc1Cl. The average molecular weight is 176 g/mol. The molecule has 0 aliphatic heterocycles. The van der Waals surface area contributed by atoms with Crippen LogP contribution >= 0.6 is 23.4 Å². The van der Waals surface area contributed by atoms with Crippen LogP contribution in [-0.2, 0) is 6.54 Å². The van der Waals surface area contributed by atoms with Crippen molar-refractivity contribution >= 4 is 23.4 Å². The molecule has 1 aromatic rings. The minimum Gasteiger partial charge on any atom is -0.229 e. The van der Waals surface area contributed by atoms with E-state index in [1.807, 2.05) is 24.3 Å². The van der Waals surface area contributed by atoms with Crippen molar-refractivity contribution < 1.29 is 0 Å². The fraction of sp³-hybridized carbons (Fsp3) is 0.143. The minimum atomic E-state index is 0.598. The molecule has 0 aliphatic carbocycles. The first-order chi connectivity index (χ1) is 4.84. The van der Waals surface area contributed by atoms with Crippen LogP contribution in [0.15, 0.2) is 24.3 Å². The summed E-state index contributed by atoms with van der Waals surface area (Å²) in [4.78, 5) is 2.51. The Morgan fingerprint density at radius 1 is 1.30 bits per heavy atom. The van der Waals surface area contributed by atoms with Gasteiger partial charge in [0.1, 0.15) is 0 Å². The fourth-order valence-electron chi connectivity index (χ4n) is 0.714. The van der Waals surface area contributed by atoms with E-state index in [-0.39, 0.29) is 0 Å². The molecule has 0 saturated heterocycles. The van der Waals surface area contributed by atoms with Crippen molar-refractivity contribution in [1.82, 2.24) is 4.84 Å². The summed E-state index contributed by atoms with van der Waals surface area (Å²) in [5, 5.41) is 0.746. The van der Waals surface area contributed by atoms with Gasteiger partial charge >= 0.3 is 0 Å². The highest BCUT2D eigenvalue weighted by Gasteiger charge is 1.94. The van der Waals surface area contributed by atoms with Crippen molar-refractivity contribution in [3.63, 3.8) is 0 Å². The third kappa shape index (κ3) is 1.87. The molecule has 0 heterocycles. The van der Waals surface area contributed by atoms with Crippen LogP contribution in [0.4, 0.5) is 0 Å². The Balaban J connectivity index is 2.81. The predicted molar refractivity (Wildman–Crippen MR) is 44.1 cm³/mol. The van der Waals surface area contributed by atoms with E-state index in [2.05, 4.69) is 4.84 Å². The summed E-state index contributed by atoms with van der Waals surface area (Å²) in [6.07, 6.45) is 0. The van der Waals surface area contributed by atoms with Gasteiger partial charge in [0, 0.05) is 11.6 Å². The predicted octanol–water partition coefficient (Wildman–Crippen LogP) is 2.58. The lowest BCUT2D eigenvalue weighted by atomic mass is 10.2. The van der Waals surface area contributed by atoms with Gasteiger partial charge in [0.25, 0.3) is 0 Å². The van der Waals surface area contributed by atoms with Gasteiger partial charge in [-0.2, -0.15) is 0 Å². The molecule has 3 heteroatoms. The van der Waals surface area contributed by atoms with Crippen LogP contribution < -0.4 is 4.84 Å². The van der Waals surface area contributed by atoms with E-state index in [9.17, 15) is 0 Å². The maximum Gasteiger partial charge on any atom is 0.0451 e. The molecule has 0 spiro atoms. The van der Waals surface area contributed by atoms with Gasteiger partial charge in [-0.15, -0.1) is 0 Å². The zero-order chi connectivity index (χ0) is 7.40. The molecule has 0 radical (unpaired) electrons. The number of hydrogen-bond acceptors (Lipinski definition) is 1. The Hall–Kier alpha value is -0.240. The number of halogens is 2. The molecule has 0 aliphatic rings. The Morgan fingerprint density at radius 2 is 2.00 bits per heavy atom. The highest BCUT2D eigenvalue weighted by atomic mass is 35.5. The maximum atomic E-state index is 5.80. The van der Waals surface area contributed by atoms with Crippen molar-refractivity contribution in [3.05, 3.63) is 34.9 Å². The second kappa shape index (κ2) is 3.81. The van der Waals surface area contributed by atoms with Crippen LogP contribution in [0, 0.1) is 0 Å². The smallest absolute Gasteiger partial charge is 0.0451 e. The lowest BCUT2D eigenvalue weighted by molar-refractivity contribution is 0.964. The highest BCUT2D eigenvalue weighted by Crippen LogP contribution is 2.14. The summed E-state index contributed by atoms with van der Waals surface area (Å²) in [6, 6.07) is 7.58. The van der Waals surface area contributed by atoms with Gasteiger partial charge in [-0.3, -0.25) is 0 Å². The van der Waals surface area contributed by atoms with Crippen LogP contribution in [0.3, 0.4) is 0 Å². The van der Waals surface area contributed by atoms with E-state index in [1.165, 1.54) is 0 Å². The van der Waals surface area contributed by atoms with E-state index in [4.69, 9.17) is 23.4 Å². The van der Waals surface area contributed by atoms with Crippen LogP contribution in [-0.4, -0.2) is 0 Å². The van der Waals surface area contributed by atoms with E-state index >= 15 is 0 Å². The number of benzene rings is 1. The molecule has 54 valence electrons. The molecule has 0 bridgehead atoms. The first-order valence-electron chi connectivity index (χ1n) is 2.91. The third-order valence-electron chi connectivity index (χ3n) is 1.22. The lowest BCUT2D eigenvalue weighted by Crippen LogP contribution is -1.98. The summed E-state index contributed by atoms with van der Waals surface area (Å²) < 4.78 is 0. The van der Waals surface area contributed by atoms with Gasteiger partial charge in [-0.05, 0) is 23.4 Å². The second-order valence-corrected chi connectivity index (χ2v) is 2.58. The third-order valence-corrected chi connectivity index (χ3v) is 1.72. The van der Waals surface area contributed by atoms with Crippen LogP contribution in [0.1, 0.15) is 5.56 Å². The average Bonchev–Trinajstić information content (AvgIpc) is 1.94. The summed E-state index contributed by atoms with van der Waals surface area (Å²) in [5.41, 5.74) is 1.01. The fourth-order valence-corrected chi connectivity index (χ4v) is 1.06. The van der Waals surface area contributed by atoms with Crippen molar-refractivity contribution in [2.24, 2.45) is 0 Å².